The van der Waals surface area contributed by atoms with E-state index in [-0.39, 0.29) is 11.5 Å². The Kier molecular flexibility index (Phi) is 6.39. The standard InChI is InChI=1S/C19H19N5O2/c1-3-17(25)24-14-7-4-6-13(10-14)12-23-18(16-8-5-9-22-16)15(11-20)19(26)21-2/h3-11,20,22-23H,1-2,12H2,(H,24,25)/b18-15-,20-11?. The molecule has 2 amide bonds. The van der Waals surface area contributed by atoms with Crippen molar-refractivity contribution in [3.8, 4) is 0 Å². The normalized spacial score (nSPS) is 11.1. The van der Waals surface area contributed by atoms with E-state index in [4.69, 9.17) is 5.41 Å². The van der Waals surface area contributed by atoms with Crippen LogP contribution in [0.15, 0.2) is 65.8 Å². The molecule has 7 nitrogen and oxygen atoms in total. The van der Waals surface area contributed by atoms with Crippen LogP contribution in [-0.4, -0.2) is 29.7 Å². The first-order valence-electron chi connectivity index (χ1n) is 7.74. The third kappa shape index (κ3) is 4.64. The van der Waals surface area contributed by atoms with Crippen molar-refractivity contribution in [1.82, 2.24) is 10.3 Å². The van der Waals surface area contributed by atoms with Gasteiger partial charge in [-0.05, 0) is 42.6 Å². The number of aliphatic imine (C=N–C) groups is 1. The summed E-state index contributed by atoms with van der Waals surface area (Å²) in [5, 5.41) is 13.4. The van der Waals surface area contributed by atoms with Gasteiger partial charge in [0.2, 0.25) is 5.91 Å². The average Bonchev–Trinajstić information content (AvgIpc) is 3.19. The van der Waals surface area contributed by atoms with E-state index < -0.39 is 5.91 Å². The van der Waals surface area contributed by atoms with Gasteiger partial charge >= 0.3 is 0 Å². The number of hydrogen-bond acceptors (Lipinski definition) is 4. The molecule has 7 heteroatoms. The number of aromatic nitrogens is 1. The number of carbonyl (C=O) groups is 2. The van der Waals surface area contributed by atoms with E-state index in [0.29, 0.717) is 23.6 Å². The molecule has 0 saturated carbocycles. The minimum Gasteiger partial charge on any atom is -0.379 e. The number of rotatable bonds is 8. The van der Waals surface area contributed by atoms with Crippen LogP contribution in [-0.2, 0) is 16.1 Å². The van der Waals surface area contributed by atoms with Crippen LogP contribution in [0.3, 0.4) is 0 Å². The van der Waals surface area contributed by atoms with Crippen molar-refractivity contribution in [2.45, 2.75) is 6.54 Å². The minimum atomic E-state index is -0.593. The molecule has 2 rings (SSSR count). The lowest BCUT2D eigenvalue weighted by Crippen LogP contribution is -2.18. The van der Waals surface area contributed by atoms with Crippen LogP contribution in [0.4, 0.5) is 5.69 Å². The summed E-state index contributed by atoms with van der Waals surface area (Å²) in [6.45, 7) is 7.02. The molecule has 1 heterocycles. The van der Waals surface area contributed by atoms with Crippen LogP contribution in [0.1, 0.15) is 11.3 Å². The van der Waals surface area contributed by atoms with Gasteiger partial charge in [-0.15, -0.1) is 0 Å². The van der Waals surface area contributed by atoms with Crippen molar-refractivity contribution < 1.29 is 9.59 Å². The second kappa shape index (κ2) is 8.93. The lowest BCUT2D eigenvalue weighted by Gasteiger charge is -2.13. The molecule has 0 saturated heterocycles. The van der Waals surface area contributed by atoms with E-state index in [1.54, 1.807) is 30.5 Å². The van der Waals surface area contributed by atoms with Crippen LogP contribution >= 0.6 is 0 Å². The van der Waals surface area contributed by atoms with Crippen LogP contribution in [0, 0.1) is 5.41 Å². The fourth-order valence-corrected chi connectivity index (χ4v) is 2.29. The van der Waals surface area contributed by atoms with E-state index in [2.05, 4.69) is 33.9 Å². The summed E-state index contributed by atoms with van der Waals surface area (Å²) >= 11 is 0. The SMILES string of the molecule is C=CC(=O)Nc1cccc(CN/C(=C(/C=N)C(=O)N=C)c2ccc[nH]2)c1. The molecule has 0 atom stereocenters. The molecule has 4 N–H and O–H groups in total. The third-order valence-electron chi connectivity index (χ3n) is 3.50. The first-order chi connectivity index (χ1) is 12.6. The van der Waals surface area contributed by atoms with Crippen molar-refractivity contribution in [1.29, 1.82) is 5.41 Å². The van der Waals surface area contributed by atoms with Gasteiger partial charge < -0.3 is 21.0 Å². The van der Waals surface area contributed by atoms with Crippen molar-refractivity contribution in [2.75, 3.05) is 5.32 Å². The maximum Gasteiger partial charge on any atom is 0.280 e. The fraction of sp³-hybridized carbons (Fsp3) is 0.0526. The zero-order chi connectivity index (χ0) is 18.9. The van der Waals surface area contributed by atoms with Gasteiger partial charge in [-0.1, -0.05) is 18.7 Å². The number of hydrogen-bond donors (Lipinski definition) is 4. The zero-order valence-electron chi connectivity index (χ0n) is 14.1. The molecule has 0 fully saturated rings. The molecular weight excluding hydrogens is 330 g/mol. The summed E-state index contributed by atoms with van der Waals surface area (Å²) in [6, 6.07) is 10.8. The first kappa shape index (κ1) is 18.6. The lowest BCUT2D eigenvalue weighted by molar-refractivity contribution is -0.114. The van der Waals surface area contributed by atoms with Crippen LogP contribution in [0.5, 0.6) is 0 Å². The topological polar surface area (TPSA) is 110 Å². The largest absolute Gasteiger partial charge is 0.379 e. The van der Waals surface area contributed by atoms with E-state index in [0.717, 1.165) is 11.8 Å². The van der Waals surface area contributed by atoms with E-state index in [9.17, 15) is 9.59 Å². The summed E-state index contributed by atoms with van der Waals surface area (Å²) in [6.07, 6.45) is 3.86. The smallest absolute Gasteiger partial charge is 0.280 e. The summed E-state index contributed by atoms with van der Waals surface area (Å²) in [4.78, 5) is 29.8. The molecule has 0 aliphatic rings. The summed E-state index contributed by atoms with van der Waals surface area (Å²) in [7, 11) is 0. The van der Waals surface area contributed by atoms with Gasteiger partial charge in [0.05, 0.1) is 17.0 Å². The number of amides is 2. The van der Waals surface area contributed by atoms with Gasteiger partial charge in [-0.25, -0.2) is 4.99 Å². The molecule has 0 bridgehead atoms. The Hall–Kier alpha value is -3.74. The average molecular weight is 349 g/mol. The predicted molar refractivity (Wildman–Crippen MR) is 103 cm³/mol. The Labute approximate surface area is 151 Å². The van der Waals surface area contributed by atoms with Gasteiger partial charge in [-0.3, -0.25) is 9.59 Å². The zero-order valence-corrected chi connectivity index (χ0v) is 14.1. The molecular formula is C19H19N5O2. The molecule has 0 aliphatic heterocycles. The highest BCUT2D eigenvalue weighted by Gasteiger charge is 2.14. The maximum absolute atomic E-state index is 12.0. The summed E-state index contributed by atoms with van der Waals surface area (Å²) < 4.78 is 0. The molecule has 26 heavy (non-hydrogen) atoms. The molecule has 132 valence electrons. The monoisotopic (exact) mass is 349 g/mol. The highest BCUT2D eigenvalue weighted by Crippen LogP contribution is 2.17. The molecule has 0 radical (unpaired) electrons. The van der Waals surface area contributed by atoms with Gasteiger partial charge in [0.1, 0.15) is 0 Å². The molecule has 1 aromatic heterocycles. The number of aromatic amines is 1. The molecule has 0 spiro atoms. The third-order valence-corrected chi connectivity index (χ3v) is 3.50. The van der Waals surface area contributed by atoms with E-state index in [1.807, 2.05) is 12.1 Å². The van der Waals surface area contributed by atoms with Gasteiger partial charge in [0, 0.05) is 24.6 Å². The van der Waals surface area contributed by atoms with E-state index in [1.165, 1.54) is 6.08 Å². The summed E-state index contributed by atoms with van der Waals surface area (Å²) in [5.74, 6) is -0.889. The van der Waals surface area contributed by atoms with Gasteiger partial charge in [0.25, 0.3) is 5.91 Å². The maximum atomic E-state index is 12.0. The number of benzene rings is 1. The fourth-order valence-electron chi connectivity index (χ4n) is 2.29. The van der Waals surface area contributed by atoms with Gasteiger partial charge in [-0.2, -0.15) is 0 Å². The summed E-state index contributed by atoms with van der Waals surface area (Å²) in [5.41, 5.74) is 2.70. The predicted octanol–water partition coefficient (Wildman–Crippen LogP) is 2.52. The Morgan fingerprint density at radius 2 is 2.08 bits per heavy atom. The molecule has 0 unspecified atom stereocenters. The number of nitrogens with one attached hydrogen (secondary N) is 4. The number of nitrogens with zero attached hydrogens (tertiary/aromatic N) is 1. The van der Waals surface area contributed by atoms with Gasteiger partial charge in [0.15, 0.2) is 0 Å². The Morgan fingerprint density at radius 3 is 2.69 bits per heavy atom. The Balaban J connectivity index is 2.27. The quantitative estimate of drug-likeness (QED) is 0.434. The number of carbonyl (C=O) groups excluding carboxylic acids is 2. The van der Waals surface area contributed by atoms with Crippen molar-refractivity contribution in [2.24, 2.45) is 4.99 Å². The van der Waals surface area contributed by atoms with Crippen LogP contribution in [0.2, 0.25) is 0 Å². The second-order valence-corrected chi connectivity index (χ2v) is 5.23. The van der Waals surface area contributed by atoms with Crippen molar-refractivity contribution in [3.63, 3.8) is 0 Å². The van der Waals surface area contributed by atoms with Crippen LogP contribution in [0.25, 0.3) is 5.70 Å². The lowest BCUT2D eigenvalue weighted by atomic mass is 10.1. The number of anilines is 1. The van der Waals surface area contributed by atoms with Crippen molar-refractivity contribution in [3.05, 3.63) is 72.1 Å². The Morgan fingerprint density at radius 1 is 1.27 bits per heavy atom. The number of H-pyrrole nitrogens is 1. The molecule has 1 aromatic carbocycles. The highest BCUT2D eigenvalue weighted by molar-refractivity contribution is 6.18. The van der Waals surface area contributed by atoms with Crippen LogP contribution < -0.4 is 10.6 Å². The van der Waals surface area contributed by atoms with E-state index >= 15 is 0 Å². The molecule has 0 aliphatic carbocycles. The van der Waals surface area contributed by atoms with Crippen molar-refractivity contribution >= 4 is 36.1 Å². The molecule has 2 aromatic rings. The minimum absolute atomic E-state index is 0.0959. The Bertz CT molecular complexity index is 866. The highest BCUT2D eigenvalue weighted by atomic mass is 16.2. The second-order valence-electron chi connectivity index (χ2n) is 5.23. The first-order valence-corrected chi connectivity index (χ1v) is 7.74.